The van der Waals surface area contributed by atoms with E-state index < -0.39 is 5.97 Å². The molecule has 2 fully saturated rings. The van der Waals surface area contributed by atoms with Crippen LogP contribution in [0.25, 0.3) is 0 Å². The van der Waals surface area contributed by atoms with E-state index in [1.54, 1.807) is 30.3 Å². The number of nitrogens with two attached hydrogens (primary N) is 4. The first-order valence-corrected chi connectivity index (χ1v) is 12.9. The van der Waals surface area contributed by atoms with Crippen molar-refractivity contribution in [3.63, 3.8) is 0 Å². The number of piperidine rings is 1. The Hall–Kier alpha value is -4.04. The molecule has 1 aromatic heterocycles. The Bertz CT molecular complexity index is 1300. The number of nitrogens with one attached hydrogen (secondary N) is 1. The number of benzene rings is 2. The number of anilines is 4. The van der Waals surface area contributed by atoms with Gasteiger partial charge in [-0.1, -0.05) is 18.2 Å². The summed E-state index contributed by atoms with van der Waals surface area (Å²) >= 11 is 0. The number of carbonyl (C=O) groups is 1. The zero-order valence-corrected chi connectivity index (χ0v) is 21.5. The topological polar surface area (TPSA) is 208 Å². The van der Waals surface area contributed by atoms with Gasteiger partial charge in [0.15, 0.2) is 0 Å². The van der Waals surface area contributed by atoms with E-state index in [4.69, 9.17) is 32.7 Å². The molecule has 206 valence electrons. The van der Waals surface area contributed by atoms with Gasteiger partial charge in [0.1, 0.15) is 17.1 Å². The number of rotatable bonds is 7. The molecule has 3 aromatic rings. The van der Waals surface area contributed by atoms with Crippen molar-refractivity contribution in [2.24, 2.45) is 22.9 Å². The lowest BCUT2D eigenvalue weighted by atomic mass is 10.0. The summed E-state index contributed by atoms with van der Waals surface area (Å²) in [7, 11) is 0. The van der Waals surface area contributed by atoms with Crippen LogP contribution in [0.4, 0.5) is 23.5 Å². The van der Waals surface area contributed by atoms with Gasteiger partial charge in [0.2, 0.25) is 17.8 Å². The van der Waals surface area contributed by atoms with Gasteiger partial charge in [0.25, 0.3) is 0 Å². The molecule has 2 saturated heterocycles. The first kappa shape index (κ1) is 26.6. The fraction of sp³-hybridized carbons (Fsp3) is 0.385. The van der Waals surface area contributed by atoms with Crippen molar-refractivity contribution in [2.45, 2.75) is 37.0 Å². The number of aromatic hydroxyl groups is 1. The summed E-state index contributed by atoms with van der Waals surface area (Å²) in [6, 6.07) is 12.9. The Labute approximate surface area is 226 Å². The molecule has 0 radical (unpaired) electrons. The Morgan fingerprint density at radius 3 is 2.33 bits per heavy atom. The van der Waals surface area contributed by atoms with Crippen LogP contribution in [-0.4, -0.2) is 76.4 Å². The fourth-order valence-corrected chi connectivity index (χ4v) is 5.00. The third kappa shape index (κ3) is 6.17. The second kappa shape index (κ2) is 11.4. The monoisotopic (exact) mass is 534 g/mol. The van der Waals surface area contributed by atoms with Crippen LogP contribution in [0.3, 0.4) is 0 Å². The fourth-order valence-electron chi connectivity index (χ4n) is 5.00. The van der Waals surface area contributed by atoms with E-state index in [-0.39, 0.29) is 41.4 Å². The second-order valence-electron chi connectivity index (χ2n) is 10.0. The average molecular weight is 535 g/mol. The van der Waals surface area contributed by atoms with Crippen molar-refractivity contribution >= 4 is 29.5 Å². The maximum Gasteiger partial charge on any atom is 0.347 e. The molecular formula is C26H34N10O3. The standard InChI is InChI=1S/C26H34N10O3/c27-11-19-9-17(30)14-36(19)26-33-24(32-25(34-26)35-12-15(28)8-16(29)13-35)31-18-6-7-21(22(37)10-18)23(38)39-20-4-2-1-3-5-20/h1-7,10,15-17,19,37H,8-9,11-14,27-30H2,(H,31,32,33,34)/t15-,16+,17-,19-/m1/s1. The zero-order chi connectivity index (χ0) is 27.5. The summed E-state index contributed by atoms with van der Waals surface area (Å²) in [6.45, 7) is 2.07. The first-order chi connectivity index (χ1) is 18.8. The van der Waals surface area contributed by atoms with Crippen molar-refractivity contribution in [2.75, 3.05) is 41.3 Å². The van der Waals surface area contributed by atoms with Gasteiger partial charge in [-0.3, -0.25) is 0 Å². The molecule has 3 heterocycles. The quantitative estimate of drug-likeness (QED) is 0.178. The third-order valence-corrected chi connectivity index (χ3v) is 6.81. The second-order valence-corrected chi connectivity index (χ2v) is 10.0. The van der Waals surface area contributed by atoms with Gasteiger partial charge in [-0.05, 0) is 37.1 Å². The molecule has 5 rings (SSSR count). The van der Waals surface area contributed by atoms with Crippen molar-refractivity contribution in [1.29, 1.82) is 0 Å². The molecule has 4 atom stereocenters. The van der Waals surface area contributed by atoms with E-state index in [2.05, 4.69) is 15.3 Å². The molecule has 10 N–H and O–H groups in total. The SMILES string of the molecule is NC[C@H]1C[C@@H](N)CN1c1nc(Nc2ccc(C(=O)Oc3ccccc3)c(O)c2)nc(N2C[C@H](N)C[C@H](N)C2)n1. The maximum atomic E-state index is 12.6. The minimum absolute atomic E-state index is 0.00655. The first-order valence-electron chi connectivity index (χ1n) is 12.9. The minimum atomic E-state index is -0.675. The summed E-state index contributed by atoms with van der Waals surface area (Å²) in [6.07, 6.45) is 1.45. The normalized spacial score (nSPS) is 23.1. The average Bonchev–Trinajstić information content (AvgIpc) is 3.29. The number of phenols is 1. The van der Waals surface area contributed by atoms with E-state index >= 15 is 0 Å². The predicted octanol–water partition coefficient (Wildman–Crippen LogP) is 0.269. The molecule has 0 saturated carbocycles. The van der Waals surface area contributed by atoms with Crippen LogP contribution in [0.1, 0.15) is 23.2 Å². The zero-order valence-electron chi connectivity index (χ0n) is 21.5. The Morgan fingerprint density at radius 1 is 0.949 bits per heavy atom. The number of ether oxygens (including phenoxy) is 1. The predicted molar refractivity (Wildman–Crippen MR) is 148 cm³/mol. The highest BCUT2D eigenvalue weighted by atomic mass is 16.5. The summed E-state index contributed by atoms with van der Waals surface area (Å²) in [4.78, 5) is 30.5. The molecule has 0 unspecified atom stereocenters. The number of esters is 1. The van der Waals surface area contributed by atoms with E-state index in [0.717, 1.165) is 6.42 Å². The number of phenolic OH excluding ortho intramolecular Hbond substituents is 1. The molecule has 13 heteroatoms. The lowest BCUT2D eigenvalue weighted by molar-refractivity contribution is 0.0731. The number of para-hydroxylation sites is 1. The highest BCUT2D eigenvalue weighted by molar-refractivity contribution is 5.94. The highest BCUT2D eigenvalue weighted by Gasteiger charge is 2.33. The van der Waals surface area contributed by atoms with Gasteiger partial charge in [0.05, 0.1) is 0 Å². The van der Waals surface area contributed by atoms with Crippen molar-refractivity contribution in [3.05, 3.63) is 54.1 Å². The Balaban J connectivity index is 1.42. The van der Waals surface area contributed by atoms with Crippen LogP contribution in [0.2, 0.25) is 0 Å². The van der Waals surface area contributed by atoms with Crippen LogP contribution < -0.4 is 42.8 Å². The number of hydrogen-bond donors (Lipinski definition) is 6. The molecule has 39 heavy (non-hydrogen) atoms. The van der Waals surface area contributed by atoms with Crippen LogP contribution >= 0.6 is 0 Å². The summed E-state index contributed by atoms with van der Waals surface area (Å²) < 4.78 is 5.34. The van der Waals surface area contributed by atoms with Crippen LogP contribution in [0.15, 0.2) is 48.5 Å². The van der Waals surface area contributed by atoms with Crippen LogP contribution in [-0.2, 0) is 0 Å². The summed E-state index contributed by atoms with van der Waals surface area (Å²) in [5.74, 6) is 0.562. The summed E-state index contributed by atoms with van der Waals surface area (Å²) in [5.41, 5.74) is 25.2. The molecular weight excluding hydrogens is 500 g/mol. The van der Waals surface area contributed by atoms with Gasteiger partial charge in [-0.2, -0.15) is 15.0 Å². The van der Waals surface area contributed by atoms with Gasteiger partial charge < -0.3 is 47.9 Å². The molecule has 2 aromatic carbocycles. The maximum absolute atomic E-state index is 12.6. The molecule has 0 amide bonds. The van der Waals surface area contributed by atoms with Crippen molar-refractivity contribution < 1.29 is 14.6 Å². The lowest BCUT2D eigenvalue weighted by Crippen LogP contribution is -2.53. The molecule has 0 bridgehead atoms. The van der Waals surface area contributed by atoms with Gasteiger partial charge >= 0.3 is 5.97 Å². The highest BCUT2D eigenvalue weighted by Crippen LogP contribution is 2.29. The van der Waals surface area contributed by atoms with Gasteiger partial charge in [0, 0.05) is 62.1 Å². The largest absolute Gasteiger partial charge is 0.507 e. The van der Waals surface area contributed by atoms with Crippen LogP contribution in [0, 0.1) is 0 Å². The Morgan fingerprint density at radius 2 is 1.64 bits per heavy atom. The van der Waals surface area contributed by atoms with Crippen LogP contribution in [0.5, 0.6) is 11.5 Å². The van der Waals surface area contributed by atoms with E-state index in [1.165, 1.54) is 12.1 Å². The number of nitrogens with zero attached hydrogens (tertiary/aromatic N) is 5. The molecule has 0 aliphatic carbocycles. The molecule has 2 aliphatic heterocycles. The summed E-state index contributed by atoms with van der Waals surface area (Å²) in [5, 5.41) is 13.7. The van der Waals surface area contributed by atoms with Crippen molar-refractivity contribution in [3.8, 4) is 11.5 Å². The number of hydrogen-bond acceptors (Lipinski definition) is 13. The van der Waals surface area contributed by atoms with E-state index in [1.807, 2.05) is 15.9 Å². The number of carbonyl (C=O) groups excluding carboxylic acids is 1. The van der Waals surface area contributed by atoms with Gasteiger partial charge in [-0.15, -0.1) is 0 Å². The van der Waals surface area contributed by atoms with Gasteiger partial charge in [-0.25, -0.2) is 4.79 Å². The molecule has 0 spiro atoms. The Kier molecular flexibility index (Phi) is 7.74. The smallest absolute Gasteiger partial charge is 0.347 e. The van der Waals surface area contributed by atoms with E-state index in [9.17, 15) is 9.90 Å². The van der Waals surface area contributed by atoms with Crippen molar-refractivity contribution in [1.82, 2.24) is 15.0 Å². The lowest BCUT2D eigenvalue weighted by Gasteiger charge is -2.35. The van der Waals surface area contributed by atoms with E-state index in [0.29, 0.717) is 55.9 Å². The molecule has 2 aliphatic rings. The number of aromatic nitrogens is 3. The minimum Gasteiger partial charge on any atom is -0.507 e. The third-order valence-electron chi connectivity index (χ3n) is 6.81. The molecule has 13 nitrogen and oxygen atoms in total.